The third-order valence-electron chi connectivity index (χ3n) is 5.35. The highest BCUT2D eigenvalue weighted by Gasteiger charge is 2.41. The third kappa shape index (κ3) is 2.44. The van der Waals surface area contributed by atoms with Gasteiger partial charge in [-0.2, -0.15) is 0 Å². The van der Waals surface area contributed by atoms with Gasteiger partial charge >= 0.3 is 0 Å². The summed E-state index contributed by atoms with van der Waals surface area (Å²) in [7, 11) is 0. The number of hydrogen-bond acceptors (Lipinski definition) is 3. The first-order valence-corrected chi connectivity index (χ1v) is 9.70. The summed E-state index contributed by atoms with van der Waals surface area (Å²) >= 11 is -0.730. The highest BCUT2D eigenvalue weighted by Crippen LogP contribution is 2.54. The molecule has 4 rings (SSSR count). The number of aromatic nitrogens is 2. The van der Waals surface area contributed by atoms with Crippen LogP contribution in [0.4, 0.5) is 5.82 Å². The number of thiol groups is 1. The van der Waals surface area contributed by atoms with Gasteiger partial charge in [-0.15, -0.1) is 11.1 Å². The summed E-state index contributed by atoms with van der Waals surface area (Å²) in [6, 6.07) is 0. The van der Waals surface area contributed by atoms with Crippen molar-refractivity contribution in [3.05, 3.63) is 12.5 Å². The quantitative estimate of drug-likeness (QED) is 0.834. The summed E-state index contributed by atoms with van der Waals surface area (Å²) in [6.07, 6.45) is 12.8. The minimum absolute atomic E-state index is 0.266. The molecule has 2 fully saturated rings. The first-order chi connectivity index (χ1) is 10.3. The molecule has 2 aliphatic carbocycles. The van der Waals surface area contributed by atoms with Crippen molar-refractivity contribution in [1.29, 1.82) is 0 Å². The van der Waals surface area contributed by atoms with Crippen molar-refractivity contribution in [3.8, 4) is 0 Å². The van der Waals surface area contributed by atoms with E-state index in [0.717, 1.165) is 5.82 Å². The fraction of sp³-hybridized carbons (Fsp3) is 0.750. The number of imidazole rings is 1. The Bertz CT molecular complexity index is 545. The zero-order chi connectivity index (χ0) is 14.4. The Morgan fingerprint density at radius 1 is 1.24 bits per heavy atom. The Labute approximate surface area is 129 Å². The minimum Gasteiger partial charge on any atom is -0.382 e. The van der Waals surface area contributed by atoms with Crippen molar-refractivity contribution < 1.29 is 5.11 Å². The van der Waals surface area contributed by atoms with E-state index in [1.165, 1.54) is 50.0 Å². The fourth-order valence-electron chi connectivity index (χ4n) is 3.82. The molecule has 3 unspecified atom stereocenters. The van der Waals surface area contributed by atoms with Crippen LogP contribution >= 0.6 is 11.1 Å². The maximum absolute atomic E-state index is 11.1. The van der Waals surface area contributed by atoms with E-state index < -0.39 is 11.1 Å². The standard InChI is InChI=1S/C16H25N3OS/c1-11(12-5-3-2-4-6-12)16(20)21-15(13-7-8-13)18-14-9-17-10-19(14)21/h9-13,16,20-21H,2-8H2,1H3. The molecule has 3 atom stereocenters. The van der Waals surface area contributed by atoms with Crippen LogP contribution in [0.15, 0.2) is 17.5 Å². The molecule has 0 amide bonds. The molecule has 1 aromatic rings. The maximum atomic E-state index is 11.1. The molecule has 116 valence electrons. The van der Waals surface area contributed by atoms with Crippen LogP contribution in [0, 0.1) is 17.8 Å². The summed E-state index contributed by atoms with van der Waals surface area (Å²) in [4.78, 5) is 9.01. The van der Waals surface area contributed by atoms with Crippen LogP contribution in [0.3, 0.4) is 0 Å². The molecule has 0 bridgehead atoms. The average molecular weight is 307 g/mol. The summed E-state index contributed by atoms with van der Waals surface area (Å²) in [5.41, 5.74) is -0.266. The monoisotopic (exact) mass is 307 g/mol. The molecule has 3 aliphatic rings. The predicted octanol–water partition coefficient (Wildman–Crippen LogP) is 3.64. The molecule has 0 aromatic carbocycles. The van der Waals surface area contributed by atoms with Gasteiger partial charge in [0.1, 0.15) is 11.8 Å². The summed E-state index contributed by atoms with van der Waals surface area (Å²) in [5, 5.41) is 12.4. The van der Waals surface area contributed by atoms with E-state index in [0.29, 0.717) is 17.8 Å². The Hall–Kier alpha value is -0.810. The highest BCUT2D eigenvalue weighted by atomic mass is 32.2. The Morgan fingerprint density at radius 3 is 2.71 bits per heavy atom. The molecule has 0 radical (unpaired) electrons. The number of aliphatic imine (C=N–C) groups is 1. The topological polar surface area (TPSA) is 50.4 Å². The molecule has 4 nitrogen and oxygen atoms in total. The SMILES string of the molecule is CC(C1CCCCC1)C(O)[SH]1C(C2CC2)=Nc2cncn21. The molecule has 0 spiro atoms. The van der Waals surface area contributed by atoms with Crippen LogP contribution in [0.5, 0.6) is 0 Å². The lowest BCUT2D eigenvalue weighted by atomic mass is 9.81. The van der Waals surface area contributed by atoms with Gasteiger partial charge in [0.25, 0.3) is 0 Å². The normalized spacial score (nSPS) is 30.8. The molecule has 5 heteroatoms. The van der Waals surface area contributed by atoms with Crippen molar-refractivity contribution in [2.75, 3.05) is 0 Å². The van der Waals surface area contributed by atoms with E-state index >= 15 is 0 Å². The maximum Gasteiger partial charge on any atom is 0.162 e. The number of aliphatic hydroxyl groups excluding tert-OH is 1. The largest absolute Gasteiger partial charge is 0.382 e. The van der Waals surface area contributed by atoms with Crippen molar-refractivity contribution >= 4 is 21.9 Å². The van der Waals surface area contributed by atoms with E-state index in [-0.39, 0.29) is 5.44 Å². The van der Waals surface area contributed by atoms with Crippen LogP contribution in [-0.2, 0) is 0 Å². The van der Waals surface area contributed by atoms with Gasteiger partial charge in [-0.3, -0.25) is 3.97 Å². The molecular formula is C16H25N3OS. The third-order valence-corrected chi connectivity index (χ3v) is 8.03. The van der Waals surface area contributed by atoms with Gasteiger partial charge in [-0.05, 0) is 24.7 Å². The lowest BCUT2D eigenvalue weighted by Crippen LogP contribution is -2.30. The number of nitrogens with zero attached hydrogens (tertiary/aromatic N) is 3. The van der Waals surface area contributed by atoms with Crippen LogP contribution < -0.4 is 0 Å². The van der Waals surface area contributed by atoms with Gasteiger partial charge in [-0.25, -0.2) is 9.98 Å². The van der Waals surface area contributed by atoms with E-state index in [2.05, 4.69) is 15.9 Å². The molecule has 0 saturated heterocycles. The van der Waals surface area contributed by atoms with E-state index in [4.69, 9.17) is 4.99 Å². The van der Waals surface area contributed by atoms with Gasteiger partial charge in [0.15, 0.2) is 5.82 Å². The van der Waals surface area contributed by atoms with Crippen LogP contribution in [0.1, 0.15) is 51.9 Å². The first kappa shape index (κ1) is 13.8. The molecular weight excluding hydrogens is 282 g/mol. The number of fused-ring (bicyclic) bond motifs is 1. The van der Waals surface area contributed by atoms with Crippen molar-refractivity contribution in [1.82, 2.24) is 8.96 Å². The number of hydrogen-bond donors (Lipinski definition) is 2. The predicted molar refractivity (Wildman–Crippen MR) is 88.2 cm³/mol. The second-order valence-electron chi connectivity index (χ2n) is 6.86. The molecule has 1 N–H and O–H groups in total. The van der Waals surface area contributed by atoms with E-state index in [9.17, 15) is 5.11 Å². The average Bonchev–Trinajstić information content (AvgIpc) is 3.15. The Kier molecular flexibility index (Phi) is 3.58. The minimum atomic E-state index is -0.730. The molecule has 21 heavy (non-hydrogen) atoms. The van der Waals surface area contributed by atoms with Gasteiger partial charge in [0.2, 0.25) is 0 Å². The smallest absolute Gasteiger partial charge is 0.162 e. The summed E-state index contributed by atoms with van der Waals surface area (Å²) in [6.45, 7) is 2.25. The van der Waals surface area contributed by atoms with E-state index in [1.807, 2.05) is 12.5 Å². The zero-order valence-corrected chi connectivity index (χ0v) is 13.5. The van der Waals surface area contributed by atoms with Crippen molar-refractivity contribution in [3.63, 3.8) is 0 Å². The van der Waals surface area contributed by atoms with Crippen LogP contribution in [-0.4, -0.2) is 24.5 Å². The van der Waals surface area contributed by atoms with Gasteiger partial charge in [-0.1, -0.05) is 39.0 Å². The summed E-state index contributed by atoms with van der Waals surface area (Å²) in [5.74, 6) is 2.64. The van der Waals surface area contributed by atoms with E-state index in [1.54, 1.807) is 0 Å². The number of aliphatic hydroxyl groups is 1. The second kappa shape index (κ2) is 5.43. The first-order valence-electron chi connectivity index (χ1n) is 8.34. The van der Waals surface area contributed by atoms with Crippen molar-refractivity contribution in [2.24, 2.45) is 22.7 Å². The van der Waals surface area contributed by atoms with Gasteiger partial charge in [0, 0.05) is 5.92 Å². The molecule has 1 aromatic heterocycles. The Morgan fingerprint density at radius 2 is 2.00 bits per heavy atom. The molecule has 2 saturated carbocycles. The second-order valence-corrected chi connectivity index (χ2v) is 8.96. The molecule has 1 aliphatic heterocycles. The van der Waals surface area contributed by atoms with Gasteiger partial charge in [0.05, 0.1) is 11.2 Å². The lowest BCUT2D eigenvalue weighted by Gasteiger charge is -2.36. The fourth-order valence-corrected chi connectivity index (χ4v) is 6.58. The van der Waals surface area contributed by atoms with Crippen LogP contribution in [0.2, 0.25) is 0 Å². The van der Waals surface area contributed by atoms with Crippen molar-refractivity contribution in [2.45, 2.75) is 57.3 Å². The van der Waals surface area contributed by atoms with Gasteiger partial charge < -0.3 is 5.11 Å². The lowest BCUT2D eigenvalue weighted by molar-refractivity contribution is 0.133. The summed E-state index contributed by atoms with van der Waals surface area (Å²) < 4.78 is 2.16. The Balaban J connectivity index is 1.57. The van der Waals surface area contributed by atoms with Crippen LogP contribution in [0.25, 0.3) is 0 Å². The molecule has 2 heterocycles. The number of rotatable bonds is 4. The zero-order valence-electron chi connectivity index (χ0n) is 12.6. The highest BCUT2D eigenvalue weighted by molar-refractivity contribution is 8.29.